The molecule has 5 nitrogen and oxygen atoms in total. The summed E-state index contributed by atoms with van der Waals surface area (Å²) in [5.74, 6) is 0. The molecule has 1 saturated heterocycles. The van der Waals surface area contributed by atoms with Gasteiger partial charge in [-0.15, -0.1) is 0 Å². The van der Waals surface area contributed by atoms with Crippen molar-refractivity contribution in [3.05, 3.63) is 63.2 Å². The molecule has 0 bridgehead atoms. The van der Waals surface area contributed by atoms with Crippen LogP contribution in [0.2, 0.25) is 5.02 Å². The van der Waals surface area contributed by atoms with E-state index in [9.17, 15) is 10.1 Å². The molecule has 0 atom stereocenters. The Labute approximate surface area is 140 Å². The van der Waals surface area contributed by atoms with Gasteiger partial charge in [-0.2, -0.15) is 0 Å². The first-order chi connectivity index (χ1) is 11.1. The lowest BCUT2D eigenvalue weighted by Crippen LogP contribution is -2.19. The number of hydrogen-bond acceptors (Lipinski definition) is 4. The van der Waals surface area contributed by atoms with Gasteiger partial charge in [-0.3, -0.25) is 10.1 Å². The molecule has 120 valence electrons. The van der Waals surface area contributed by atoms with E-state index in [2.05, 4.69) is 10.2 Å². The van der Waals surface area contributed by atoms with E-state index in [1.807, 2.05) is 36.4 Å². The Hall–Kier alpha value is -2.27. The molecule has 0 radical (unpaired) electrons. The Balaban J connectivity index is 1.76. The minimum atomic E-state index is -0.292. The third-order valence-corrected chi connectivity index (χ3v) is 4.28. The van der Waals surface area contributed by atoms with E-state index in [1.165, 1.54) is 0 Å². The first kappa shape index (κ1) is 15.6. The molecule has 2 aromatic carbocycles. The van der Waals surface area contributed by atoms with Crippen molar-refractivity contribution in [1.29, 1.82) is 0 Å². The third kappa shape index (κ3) is 3.74. The van der Waals surface area contributed by atoms with Crippen molar-refractivity contribution in [3.63, 3.8) is 0 Å². The standard InChI is InChI=1S/C17H18ClN3O2/c18-14-4-6-15(7-5-14)19-12-13-3-8-16(17(11-13)21(22)23)20-9-1-2-10-20/h3-8,11,19H,1-2,9-10,12H2. The summed E-state index contributed by atoms with van der Waals surface area (Å²) in [6.45, 7) is 2.31. The van der Waals surface area contributed by atoms with E-state index in [4.69, 9.17) is 11.6 Å². The van der Waals surface area contributed by atoms with E-state index in [0.29, 0.717) is 11.6 Å². The molecule has 1 aliphatic heterocycles. The number of anilines is 2. The average molecular weight is 332 g/mol. The number of benzene rings is 2. The van der Waals surface area contributed by atoms with Gasteiger partial charge in [0.15, 0.2) is 0 Å². The van der Waals surface area contributed by atoms with E-state index >= 15 is 0 Å². The van der Waals surface area contributed by atoms with Crippen molar-refractivity contribution in [3.8, 4) is 0 Å². The molecule has 1 heterocycles. The number of rotatable bonds is 5. The Kier molecular flexibility index (Phi) is 4.67. The summed E-state index contributed by atoms with van der Waals surface area (Å²) in [5, 5.41) is 15.3. The summed E-state index contributed by atoms with van der Waals surface area (Å²) in [4.78, 5) is 13.2. The highest BCUT2D eigenvalue weighted by Gasteiger charge is 2.22. The van der Waals surface area contributed by atoms with E-state index in [1.54, 1.807) is 6.07 Å². The zero-order valence-corrected chi connectivity index (χ0v) is 13.4. The van der Waals surface area contributed by atoms with Gasteiger partial charge >= 0.3 is 0 Å². The topological polar surface area (TPSA) is 58.4 Å². The van der Waals surface area contributed by atoms with Crippen LogP contribution in [0.25, 0.3) is 0 Å². The second kappa shape index (κ2) is 6.87. The smallest absolute Gasteiger partial charge is 0.292 e. The van der Waals surface area contributed by atoms with Crippen LogP contribution in [0.15, 0.2) is 42.5 Å². The highest BCUT2D eigenvalue weighted by molar-refractivity contribution is 6.30. The Morgan fingerprint density at radius 1 is 1.13 bits per heavy atom. The second-order valence-electron chi connectivity index (χ2n) is 5.63. The van der Waals surface area contributed by atoms with Crippen molar-refractivity contribution < 1.29 is 4.92 Å². The van der Waals surface area contributed by atoms with Crippen LogP contribution in [0, 0.1) is 10.1 Å². The summed E-state index contributed by atoms with van der Waals surface area (Å²) < 4.78 is 0. The lowest BCUT2D eigenvalue weighted by atomic mass is 10.1. The van der Waals surface area contributed by atoms with Crippen LogP contribution in [-0.2, 0) is 6.54 Å². The maximum absolute atomic E-state index is 11.4. The second-order valence-corrected chi connectivity index (χ2v) is 6.07. The fraction of sp³-hybridized carbons (Fsp3) is 0.294. The van der Waals surface area contributed by atoms with Crippen molar-refractivity contribution in [1.82, 2.24) is 0 Å². The van der Waals surface area contributed by atoms with Crippen molar-refractivity contribution in [2.75, 3.05) is 23.3 Å². The molecule has 1 fully saturated rings. The van der Waals surface area contributed by atoms with Crippen LogP contribution in [0.4, 0.5) is 17.1 Å². The summed E-state index contributed by atoms with van der Waals surface area (Å²) in [5.41, 5.74) is 2.72. The van der Waals surface area contributed by atoms with Gasteiger partial charge in [0.05, 0.1) is 4.92 Å². The molecule has 6 heteroatoms. The number of nitro benzene ring substituents is 1. The number of nitro groups is 1. The summed E-state index contributed by atoms with van der Waals surface area (Å²) in [7, 11) is 0. The number of nitrogens with zero attached hydrogens (tertiary/aromatic N) is 2. The van der Waals surface area contributed by atoms with E-state index < -0.39 is 0 Å². The quantitative estimate of drug-likeness (QED) is 0.649. The molecular weight excluding hydrogens is 314 g/mol. The molecule has 23 heavy (non-hydrogen) atoms. The predicted molar refractivity (Wildman–Crippen MR) is 93.3 cm³/mol. The molecule has 0 unspecified atom stereocenters. The van der Waals surface area contributed by atoms with Gasteiger partial charge in [0.25, 0.3) is 5.69 Å². The summed E-state index contributed by atoms with van der Waals surface area (Å²) in [6.07, 6.45) is 2.19. The Bertz CT molecular complexity index is 697. The average Bonchev–Trinajstić information content (AvgIpc) is 3.08. The van der Waals surface area contributed by atoms with Gasteiger partial charge < -0.3 is 10.2 Å². The SMILES string of the molecule is O=[N+]([O-])c1cc(CNc2ccc(Cl)cc2)ccc1N1CCCC1. The molecule has 0 aromatic heterocycles. The normalized spacial score (nSPS) is 14.0. The van der Waals surface area contributed by atoms with Crippen LogP contribution in [0.3, 0.4) is 0 Å². The number of nitrogens with one attached hydrogen (secondary N) is 1. The molecule has 0 spiro atoms. The molecule has 1 aliphatic rings. The van der Waals surface area contributed by atoms with Crippen LogP contribution in [0.5, 0.6) is 0 Å². The molecule has 3 rings (SSSR count). The zero-order valence-electron chi connectivity index (χ0n) is 12.7. The highest BCUT2D eigenvalue weighted by atomic mass is 35.5. The fourth-order valence-electron chi connectivity index (χ4n) is 2.82. The lowest BCUT2D eigenvalue weighted by Gasteiger charge is -2.18. The number of hydrogen-bond donors (Lipinski definition) is 1. The number of halogens is 1. The van der Waals surface area contributed by atoms with Gasteiger partial charge in [-0.25, -0.2) is 0 Å². The molecule has 1 N–H and O–H groups in total. The zero-order chi connectivity index (χ0) is 16.2. The molecular formula is C17H18ClN3O2. The van der Waals surface area contributed by atoms with E-state index in [-0.39, 0.29) is 10.6 Å². The Morgan fingerprint density at radius 3 is 2.48 bits per heavy atom. The summed E-state index contributed by atoms with van der Waals surface area (Å²) >= 11 is 5.86. The van der Waals surface area contributed by atoms with Gasteiger partial charge in [-0.05, 0) is 48.7 Å². The fourth-order valence-corrected chi connectivity index (χ4v) is 2.95. The predicted octanol–water partition coefficient (Wildman–Crippen LogP) is 4.46. The largest absolute Gasteiger partial charge is 0.381 e. The summed E-state index contributed by atoms with van der Waals surface area (Å²) in [6, 6.07) is 12.9. The monoisotopic (exact) mass is 331 g/mol. The van der Waals surface area contributed by atoms with Gasteiger partial charge in [0.2, 0.25) is 0 Å². The van der Waals surface area contributed by atoms with Gasteiger partial charge in [0, 0.05) is 36.4 Å². The van der Waals surface area contributed by atoms with Crippen LogP contribution in [0.1, 0.15) is 18.4 Å². The minimum Gasteiger partial charge on any atom is -0.381 e. The maximum Gasteiger partial charge on any atom is 0.292 e. The van der Waals surface area contributed by atoms with Crippen molar-refractivity contribution in [2.24, 2.45) is 0 Å². The first-order valence-electron chi connectivity index (χ1n) is 7.65. The molecule has 0 aliphatic carbocycles. The third-order valence-electron chi connectivity index (χ3n) is 4.02. The van der Waals surface area contributed by atoms with E-state index in [0.717, 1.165) is 42.9 Å². The van der Waals surface area contributed by atoms with Crippen LogP contribution < -0.4 is 10.2 Å². The van der Waals surface area contributed by atoms with Gasteiger partial charge in [0.1, 0.15) is 5.69 Å². The molecule has 0 amide bonds. The molecule has 2 aromatic rings. The highest BCUT2D eigenvalue weighted by Crippen LogP contribution is 2.31. The van der Waals surface area contributed by atoms with Crippen LogP contribution >= 0.6 is 11.6 Å². The lowest BCUT2D eigenvalue weighted by molar-refractivity contribution is -0.384. The van der Waals surface area contributed by atoms with Crippen LogP contribution in [-0.4, -0.2) is 18.0 Å². The first-order valence-corrected chi connectivity index (χ1v) is 8.03. The molecule has 0 saturated carbocycles. The van der Waals surface area contributed by atoms with Crippen molar-refractivity contribution >= 4 is 28.7 Å². The Morgan fingerprint density at radius 2 is 1.83 bits per heavy atom. The van der Waals surface area contributed by atoms with Crippen molar-refractivity contribution in [2.45, 2.75) is 19.4 Å². The van der Waals surface area contributed by atoms with Gasteiger partial charge in [-0.1, -0.05) is 17.7 Å². The maximum atomic E-state index is 11.4. The minimum absolute atomic E-state index is 0.183.